The van der Waals surface area contributed by atoms with Crippen molar-refractivity contribution in [1.82, 2.24) is 4.57 Å². The van der Waals surface area contributed by atoms with Crippen molar-refractivity contribution in [2.24, 2.45) is 4.99 Å². The molecule has 250 valence electrons. The average Bonchev–Trinajstić information content (AvgIpc) is 3.42. The van der Waals surface area contributed by atoms with E-state index in [2.05, 4.69) is 4.99 Å². The molecule has 12 heteroatoms. The standard InChI is InChI=1S/C36H36N2O9S/c1-6-44-27-17-16-24(18-29(27)45-7-2)31-26(35(41)43-5)20-37-36-38(31)33(39)30(48-36)19-25-10-9-11-28(42-4)32(25)47-21-22-12-14-23(15-13-22)34(40)46-8-3/h9-20,31H,6-8,21H2,1-5H3/b30-19+/t31-/m0/s1. The smallest absolute Gasteiger partial charge is 0.338 e. The lowest BCUT2D eigenvalue weighted by molar-refractivity contribution is -0.136. The summed E-state index contributed by atoms with van der Waals surface area (Å²) in [7, 11) is 2.82. The van der Waals surface area contributed by atoms with Gasteiger partial charge in [0.05, 0.1) is 55.8 Å². The second-order valence-corrected chi connectivity index (χ2v) is 11.3. The van der Waals surface area contributed by atoms with Gasteiger partial charge >= 0.3 is 11.9 Å². The lowest BCUT2D eigenvalue weighted by Gasteiger charge is -2.23. The van der Waals surface area contributed by atoms with E-state index in [1.807, 2.05) is 19.9 Å². The largest absolute Gasteiger partial charge is 0.493 e. The second kappa shape index (κ2) is 15.5. The molecule has 1 aliphatic heterocycles. The molecule has 5 rings (SSSR count). The fraction of sp³-hybridized carbons (Fsp3) is 0.278. The van der Waals surface area contributed by atoms with E-state index < -0.39 is 18.0 Å². The number of carbonyl (C=O) groups excluding carboxylic acids is 2. The zero-order chi connectivity index (χ0) is 34.2. The van der Waals surface area contributed by atoms with Crippen LogP contribution in [0.4, 0.5) is 0 Å². The maximum atomic E-state index is 14.2. The van der Waals surface area contributed by atoms with Gasteiger partial charge in [-0.05, 0) is 68.3 Å². The van der Waals surface area contributed by atoms with Gasteiger partial charge in [0.15, 0.2) is 27.8 Å². The molecule has 0 saturated carbocycles. The molecule has 1 atom stereocenters. The molecule has 4 aromatic rings. The Hall–Kier alpha value is -5.36. The first kappa shape index (κ1) is 34.0. The Kier molecular flexibility index (Phi) is 11.0. The molecule has 0 amide bonds. The first-order valence-corrected chi connectivity index (χ1v) is 16.2. The molecule has 0 fully saturated rings. The number of para-hydroxylation sites is 1. The van der Waals surface area contributed by atoms with Crippen molar-refractivity contribution in [2.75, 3.05) is 34.0 Å². The Balaban J connectivity index is 1.55. The van der Waals surface area contributed by atoms with Crippen molar-refractivity contribution in [3.05, 3.63) is 114 Å². The summed E-state index contributed by atoms with van der Waals surface area (Å²) >= 11 is 1.18. The summed E-state index contributed by atoms with van der Waals surface area (Å²) in [5, 5.41) is 0. The Morgan fingerprint density at radius 1 is 0.875 bits per heavy atom. The van der Waals surface area contributed by atoms with Gasteiger partial charge in [0.25, 0.3) is 5.56 Å². The number of hydrogen-bond acceptors (Lipinski definition) is 11. The minimum Gasteiger partial charge on any atom is -0.493 e. The molecule has 1 aromatic heterocycles. The predicted molar refractivity (Wildman–Crippen MR) is 180 cm³/mol. The number of ether oxygens (including phenoxy) is 6. The zero-order valence-electron chi connectivity index (χ0n) is 27.3. The summed E-state index contributed by atoms with van der Waals surface area (Å²) in [6.45, 7) is 6.81. The van der Waals surface area contributed by atoms with Crippen LogP contribution >= 0.6 is 11.3 Å². The zero-order valence-corrected chi connectivity index (χ0v) is 28.1. The van der Waals surface area contributed by atoms with E-state index in [-0.39, 0.29) is 17.7 Å². The number of aromatic nitrogens is 1. The average molecular weight is 673 g/mol. The van der Waals surface area contributed by atoms with Crippen molar-refractivity contribution in [3.8, 4) is 23.0 Å². The lowest BCUT2D eigenvalue weighted by atomic mass is 9.97. The minimum atomic E-state index is -0.829. The molecule has 11 nitrogen and oxygen atoms in total. The number of rotatable bonds is 13. The molecule has 2 heterocycles. The van der Waals surface area contributed by atoms with Crippen LogP contribution in [-0.2, 0) is 20.9 Å². The molecule has 0 unspecified atom stereocenters. The molecule has 3 aromatic carbocycles. The molecule has 0 saturated heterocycles. The van der Waals surface area contributed by atoms with E-state index in [9.17, 15) is 14.4 Å². The Labute approximate surface area is 281 Å². The molecule has 0 N–H and O–H groups in total. The predicted octanol–water partition coefficient (Wildman–Crippen LogP) is 4.58. The van der Waals surface area contributed by atoms with Crippen LogP contribution in [0.3, 0.4) is 0 Å². The van der Waals surface area contributed by atoms with Crippen LogP contribution in [0.25, 0.3) is 6.08 Å². The first-order chi connectivity index (χ1) is 23.3. The summed E-state index contributed by atoms with van der Waals surface area (Å²) in [6.07, 6.45) is 3.16. The fourth-order valence-corrected chi connectivity index (χ4v) is 6.16. The monoisotopic (exact) mass is 672 g/mol. The van der Waals surface area contributed by atoms with Crippen LogP contribution in [0.1, 0.15) is 53.9 Å². The summed E-state index contributed by atoms with van der Waals surface area (Å²) in [5.41, 5.74) is 2.33. The number of methoxy groups -OCH3 is 2. The second-order valence-electron chi connectivity index (χ2n) is 10.3. The van der Waals surface area contributed by atoms with Gasteiger partial charge in [0.1, 0.15) is 6.61 Å². The Morgan fingerprint density at radius 2 is 1.62 bits per heavy atom. The van der Waals surface area contributed by atoms with Crippen molar-refractivity contribution < 1.29 is 38.0 Å². The quantitative estimate of drug-likeness (QED) is 0.188. The van der Waals surface area contributed by atoms with Gasteiger partial charge in [-0.25, -0.2) is 14.6 Å². The van der Waals surface area contributed by atoms with E-state index >= 15 is 0 Å². The lowest BCUT2D eigenvalue weighted by Crippen LogP contribution is -2.39. The Morgan fingerprint density at radius 3 is 2.31 bits per heavy atom. The maximum Gasteiger partial charge on any atom is 0.338 e. The molecule has 0 aliphatic carbocycles. The molecule has 48 heavy (non-hydrogen) atoms. The number of fused-ring (bicyclic) bond motifs is 1. The normalized spacial score (nSPS) is 13.9. The highest BCUT2D eigenvalue weighted by Crippen LogP contribution is 2.35. The van der Waals surface area contributed by atoms with Gasteiger partial charge in [-0.3, -0.25) is 9.36 Å². The SMILES string of the molecule is CCOC(=O)c1ccc(COc2c(/C=c3/sc4n(c3=O)[C@@H](c3ccc(OCC)c(OCC)c3)C(C(=O)OC)=CN=4)cccc2OC)cc1. The molecule has 0 bridgehead atoms. The van der Waals surface area contributed by atoms with Crippen LogP contribution in [0.15, 0.2) is 82.2 Å². The third kappa shape index (κ3) is 7.13. The third-order valence-corrected chi connectivity index (χ3v) is 8.37. The molecular formula is C36H36N2O9S. The Bertz CT molecular complexity index is 2010. The van der Waals surface area contributed by atoms with Gasteiger partial charge < -0.3 is 28.4 Å². The van der Waals surface area contributed by atoms with Crippen LogP contribution < -0.4 is 33.8 Å². The van der Waals surface area contributed by atoms with Crippen molar-refractivity contribution in [1.29, 1.82) is 0 Å². The van der Waals surface area contributed by atoms with E-state index in [0.29, 0.717) is 68.8 Å². The summed E-state index contributed by atoms with van der Waals surface area (Å²) in [4.78, 5) is 44.0. The third-order valence-electron chi connectivity index (χ3n) is 7.37. The van der Waals surface area contributed by atoms with Crippen molar-refractivity contribution in [2.45, 2.75) is 33.4 Å². The summed E-state index contributed by atoms with van der Waals surface area (Å²) in [6, 6.07) is 16.8. The summed E-state index contributed by atoms with van der Waals surface area (Å²) in [5.74, 6) is 0.956. The number of nitrogens with zero attached hydrogens (tertiary/aromatic N) is 2. The number of hydrogen-bond donors (Lipinski definition) is 0. The number of esters is 2. The topological polar surface area (TPSA) is 124 Å². The van der Waals surface area contributed by atoms with E-state index in [1.54, 1.807) is 67.6 Å². The summed E-state index contributed by atoms with van der Waals surface area (Å²) < 4.78 is 35.4. The van der Waals surface area contributed by atoms with Crippen LogP contribution in [-0.4, -0.2) is 50.5 Å². The maximum absolute atomic E-state index is 14.2. The number of thiazole rings is 1. The van der Waals surface area contributed by atoms with E-state index in [0.717, 1.165) is 5.56 Å². The van der Waals surface area contributed by atoms with Crippen LogP contribution in [0.2, 0.25) is 0 Å². The van der Waals surface area contributed by atoms with E-state index in [1.165, 1.54) is 36.3 Å². The van der Waals surface area contributed by atoms with Crippen molar-refractivity contribution in [3.63, 3.8) is 0 Å². The highest BCUT2D eigenvalue weighted by atomic mass is 32.1. The van der Waals surface area contributed by atoms with Gasteiger partial charge in [-0.1, -0.05) is 41.7 Å². The van der Waals surface area contributed by atoms with Gasteiger partial charge in [0, 0.05) is 11.8 Å². The van der Waals surface area contributed by atoms with Crippen LogP contribution in [0.5, 0.6) is 23.0 Å². The molecular weight excluding hydrogens is 636 g/mol. The highest BCUT2D eigenvalue weighted by Gasteiger charge is 2.31. The van der Waals surface area contributed by atoms with Gasteiger partial charge in [-0.15, -0.1) is 0 Å². The van der Waals surface area contributed by atoms with Gasteiger partial charge in [0.2, 0.25) is 0 Å². The molecule has 0 spiro atoms. The fourth-order valence-electron chi connectivity index (χ4n) is 5.20. The van der Waals surface area contributed by atoms with Crippen molar-refractivity contribution >= 4 is 29.4 Å². The van der Waals surface area contributed by atoms with E-state index in [4.69, 9.17) is 28.4 Å². The number of benzene rings is 3. The number of carbonyl (C=O) groups is 2. The molecule has 1 aliphatic rings. The minimum absolute atomic E-state index is 0.175. The van der Waals surface area contributed by atoms with Gasteiger partial charge in [-0.2, -0.15) is 0 Å². The first-order valence-electron chi connectivity index (χ1n) is 15.4. The van der Waals surface area contributed by atoms with Crippen LogP contribution in [0, 0.1) is 0 Å². The molecule has 0 radical (unpaired) electrons. The highest BCUT2D eigenvalue weighted by molar-refractivity contribution is 7.07.